The molecule has 0 bridgehead atoms. The van der Waals surface area contributed by atoms with Gasteiger partial charge in [0.2, 0.25) is 0 Å². The van der Waals surface area contributed by atoms with Gasteiger partial charge in [-0.05, 0) is 25.8 Å². The molecule has 17 heavy (non-hydrogen) atoms. The lowest BCUT2D eigenvalue weighted by Gasteiger charge is -2.24. The summed E-state index contributed by atoms with van der Waals surface area (Å²) in [6.07, 6.45) is 5.25. The molecule has 0 saturated carbocycles. The Hall–Kier alpha value is -0.870. The Bertz CT molecular complexity index is 331. The second-order valence-electron chi connectivity index (χ2n) is 5.48. The minimum atomic E-state index is -0.666. The lowest BCUT2D eigenvalue weighted by molar-refractivity contribution is 0.0499. The van der Waals surface area contributed by atoms with Crippen molar-refractivity contribution in [1.82, 2.24) is 14.9 Å². The summed E-state index contributed by atoms with van der Waals surface area (Å²) in [7, 11) is 1.98. The van der Waals surface area contributed by atoms with E-state index < -0.39 is 5.60 Å². The van der Waals surface area contributed by atoms with Crippen molar-refractivity contribution in [3.63, 3.8) is 0 Å². The van der Waals surface area contributed by atoms with E-state index in [4.69, 9.17) is 0 Å². The van der Waals surface area contributed by atoms with Crippen LogP contribution in [-0.4, -0.2) is 33.3 Å². The first-order valence-corrected chi connectivity index (χ1v) is 6.30. The molecule has 1 unspecified atom stereocenters. The number of aromatic nitrogens is 2. The van der Waals surface area contributed by atoms with Crippen LogP contribution in [-0.2, 0) is 13.5 Å². The highest BCUT2D eigenvalue weighted by Gasteiger charge is 2.20. The molecule has 4 heteroatoms. The average molecular weight is 239 g/mol. The zero-order valence-corrected chi connectivity index (χ0v) is 11.4. The molecule has 0 aliphatic heterocycles. The number of aryl methyl sites for hydroxylation is 2. The smallest absolute Gasteiger partial charge is 0.108 e. The molecule has 0 amide bonds. The van der Waals surface area contributed by atoms with Crippen molar-refractivity contribution in [2.75, 3.05) is 13.1 Å². The van der Waals surface area contributed by atoms with E-state index in [-0.39, 0.29) is 0 Å². The Kier molecular flexibility index (Phi) is 5.15. The highest BCUT2D eigenvalue weighted by atomic mass is 16.3. The lowest BCUT2D eigenvalue weighted by atomic mass is 9.99. The van der Waals surface area contributed by atoms with Gasteiger partial charge in [0, 0.05) is 32.4 Å². The molecule has 0 fully saturated rings. The molecule has 0 aliphatic rings. The molecule has 0 saturated heterocycles. The predicted molar refractivity (Wildman–Crippen MR) is 69.9 cm³/mol. The summed E-state index contributed by atoms with van der Waals surface area (Å²) in [4.78, 5) is 4.26. The summed E-state index contributed by atoms with van der Waals surface area (Å²) < 4.78 is 2.00. The Morgan fingerprint density at radius 1 is 1.53 bits per heavy atom. The third kappa shape index (κ3) is 5.33. The summed E-state index contributed by atoms with van der Waals surface area (Å²) in [5.41, 5.74) is -0.666. The van der Waals surface area contributed by atoms with Crippen LogP contribution in [0.4, 0.5) is 0 Å². The van der Waals surface area contributed by atoms with Gasteiger partial charge >= 0.3 is 0 Å². The van der Waals surface area contributed by atoms with E-state index in [9.17, 15) is 5.11 Å². The zero-order chi connectivity index (χ0) is 12.9. The van der Waals surface area contributed by atoms with Crippen LogP contribution in [0.3, 0.4) is 0 Å². The van der Waals surface area contributed by atoms with Gasteiger partial charge in [0.1, 0.15) is 5.82 Å². The van der Waals surface area contributed by atoms with E-state index in [0.717, 1.165) is 25.2 Å². The monoisotopic (exact) mass is 239 g/mol. The molecule has 1 rings (SSSR count). The minimum absolute atomic E-state index is 0.611. The minimum Gasteiger partial charge on any atom is -0.389 e. The van der Waals surface area contributed by atoms with E-state index in [1.807, 2.05) is 24.7 Å². The van der Waals surface area contributed by atoms with Gasteiger partial charge in [0.05, 0.1) is 5.60 Å². The number of hydrogen-bond acceptors (Lipinski definition) is 3. The van der Waals surface area contributed by atoms with Crippen LogP contribution in [0.5, 0.6) is 0 Å². The van der Waals surface area contributed by atoms with Crippen molar-refractivity contribution in [2.45, 2.75) is 39.2 Å². The number of nitrogens with one attached hydrogen (secondary N) is 1. The molecule has 1 aromatic heterocycles. The van der Waals surface area contributed by atoms with Crippen molar-refractivity contribution in [1.29, 1.82) is 0 Å². The molecule has 2 N–H and O–H groups in total. The molecular weight excluding hydrogens is 214 g/mol. The second-order valence-corrected chi connectivity index (χ2v) is 5.48. The Morgan fingerprint density at radius 3 is 2.76 bits per heavy atom. The SMILES string of the molecule is CC(C)CNCC(C)(O)CCc1nccn1C. The van der Waals surface area contributed by atoms with E-state index in [0.29, 0.717) is 12.5 Å². The number of rotatable bonds is 7. The lowest BCUT2D eigenvalue weighted by Crippen LogP contribution is -2.39. The summed E-state index contributed by atoms with van der Waals surface area (Å²) in [6.45, 7) is 7.78. The normalized spacial score (nSPS) is 15.2. The highest BCUT2D eigenvalue weighted by molar-refractivity contribution is 4.93. The van der Waals surface area contributed by atoms with Crippen LogP contribution in [0.1, 0.15) is 33.0 Å². The van der Waals surface area contributed by atoms with Crippen molar-refractivity contribution < 1.29 is 5.11 Å². The first-order chi connectivity index (χ1) is 7.91. The third-order valence-electron chi connectivity index (χ3n) is 2.87. The van der Waals surface area contributed by atoms with Gasteiger partial charge in [0.25, 0.3) is 0 Å². The predicted octanol–water partition coefficient (Wildman–Crippen LogP) is 1.35. The van der Waals surface area contributed by atoms with Crippen molar-refractivity contribution in [2.24, 2.45) is 13.0 Å². The van der Waals surface area contributed by atoms with Crippen molar-refractivity contribution in [3.05, 3.63) is 18.2 Å². The molecule has 98 valence electrons. The fourth-order valence-electron chi connectivity index (χ4n) is 1.74. The van der Waals surface area contributed by atoms with Crippen LogP contribution in [0.2, 0.25) is 0 Å². The Labute approximate surface area is 104 Å². The van der Waals surface area contributed by atoms with Crippen LogP contribution in [0.15, 0.2) is 12.4 Å². The average Bonchev–Trinajstić information content (AvgIpc) is 2.60. The quantitative estimate of drug-likeness (QED) is 0.755. The van der Waals surface area contributed by atoms with Crippen LogP contribution < -0.4 is 5.32 Å². The summed E-state index contributed by atoms with van der Waals surface area (Å²) >= 11 is 0. The Balaban J connectivity index is 2.31. The maximum absolute atomic E-state index is 10.2. The van der Waals surface area contributed by atoms with Gasteiger partial charge in [0.15, 0.2) is 0 Å². The Morgan fingerprint density at radius 2 is 2.24 bits per heavy atom. The molecule has 0 aromatic carbocycles. The van der Waals surface area contributed by atoms with E-state index in [1.54, 1.807) is 6.20 Å². The van der Waals surface area contributed by atoms with E-state index in [1.165, 1.54) is 0 Å². The second kappa shape index (κ2) is 6.17. The fourth-order valence-corrected chi connectivity index (χ4v) is 1.74. The first-order valence-electron chi connectivity index (χ1n) is 6.30. The first kappa shape index (κ1) is 14.2. The summed E-state index contributed by atoms with van der Waals surface area (Å²) in [5, 5.41) is 13.5. The topological polar surface area (TPSA) is 50.1 Å². The van der Waals surface area contributed by atoms with E-state index in [2.05, 4.69) is 24.1 Å². The van der Waals surface area contributed by atoms with Gasteiger partial charge in [-0.3, -0.25) is 0 Å². The summed E-state index contributed by atoms with van der Waals surface area (Å²) in [6, 6.07) is 0. The van der Waals surface area contributed by atoms with Crippen molar-refractivity contribution >= 4 is 0 Å². The molecule has 0 radical (unpaired) electrons. The van der Waals surface area contributed by atoms with Gasteiger partial charge in [-0.1, -0.05) is 13.8 Å². The third-order valence-corrected chi connectivity index (χ3v) is 2.87. The standard InChI is InChI=1S/C13H25N3O/c1-11(2)9-14-10-13(3,17)6-5-12-15-7-8-16(12)4/h7-8,11,14,17H,5-6,9-10H2,1-4H3. The van der Waals surface area contributed by atoms with Gasteiger partial charge in [-0.25, -0.2) is 4.98 Å². The van der Waals surface area contributed by atoms with Crippen LogP contribution in [0.25, 0.3) is 0 Å². The molecule has 1 aromatic rings. The van der Waals surface area contributed by atoms with Crippen LogP contribution in [0, 0.1) is 5.92 Å². The molecule has 0 spiro atoms. The fraction of sp³-hybridized carbons (Fsp3) is 0.769. The number of nitrogens with zero attached hydrogens (tertiary/aromatic N) is 2. The van der Waals surface area contributed by atoms with Gasteiger partial charge in [-0.2, -0.15) is 0 Å². The molecule has 0 aliphatic carbocycles. The highest BCUT2D eigenvalue weighted by Crippen LogP contribution is 2.12. The van der Waals surface area contributed by atoms with E-state index >= 15 is 0 Å². The number of aliphatic hydroxyl groups is 1. The summed E-state index contributed by atoms with van der Waals surface area (Å²) in [5.74, 6) is 1.63. The number of hydrogen-bond donors (Lipinski definition) is 2. The molecule has 4 nitrogen and oxygen atoms in total. The van der Waals surface area contributed by atoms with Crippen LogP contribution >= 0.6 is 0 Å². The molecule has 1 atom stereocenters. The largest absolute Gasteiger partial charge is 0.389 e. The molecular formula is C13H25N3O. The van der Waals surface area contributed by atoms with Gasteiger partial charge in [-0.15, -0.1) is 0 Å². The van der Waals surface area contributed by atoms with Crippen molar-refractivity contribution in [3.8, 4) is 0 Å². The molecule has 1 heterocycles. The maximum atomic E-state index is 10.2. The number of imidazole rings is 1. The zero-order valence-electron chi connectivity index (χ0n) is 11.4. The maximum Gasteiger partial charge on any atom is 0.108 e. The van der Waals surface area contributed by atoms with Gasteiger partial charge < -0.3 is 15.0 Å².